The van der Waals surface area contributed by atoms with Crippen molar-refractivity contribution in [3.8, 4) is 0 Å². The lowest BCUT2D eigenvalue weighted by Crippen LogP contribution is -2.21. The third-order valence-electron chi connectivity index (χ3n) is 3.35. The van der Waals surface area contributed by atoms with Gasteiger partial charge in [-0.2, -0.15) is 0 Å². The summed E-state index contributed by atoms with van der Waals surface area (Å²) >= 11 is 6.10. The number of pyridine rings is 2. The maximum Gasteiger partial charge on any atom is 0.136 e. The van der Waals surface area contributed by atoms with Gasteiger partial charge in [-0.05, 0) is 26.2 Å². The molecule has 0 aliphatic rings. The molecule has 1 N–H and O–H groups in total. The first-order valence-corrected chi connectivity index (χ1v) is 7.25. The summed E-state index contributed by atoms with van der Waals surface area (Å²) in [6.45, 7) is 1.75. The summed E-state index contributed by atoms with van der Waals surface area (Å²) in [6, 6.07) is 9.94. The summed E-state index contributed by atoms with van der Waals surface area (Å²) in [7, 11) is 4.10. The van der Waals surface area contributed by atoms with Crippen molar-refractivity contribution in [3.05, 3.63) is 41.6 Å². The normalized spacial score (nSPS) is 11.4. The molecule has 4 nitrogen and oxygen atoms in total. The molecule has 1 aromatic carbocycles. The highest BCUT2D eigenvalue weighted by atomic mass is 35.5. The van der Waals surface area contributed by atoms with E-state index in [9.17, 15) is 0 Å². The topological polar surface area (TPSA) is 41.0 Å². The summed E-state index contributed by atoms with van der Waals surface area (Å²) in [5.41, 5.74) is 1.87. The van der Waals surface area contributed by atoms with Crippen molar-refractivity contribution in [1.82, 2.24) is 14.9 Å². The van der Waals surface area contributed by atoms with Crippen molar-refractivity contribution in [2.45, 2.75) is 0 Å². The Balaban J connectivity index is 2.13. The molecule has 2 heterocycles. The second kappa shape index (κ2) is 5.84. The Morgan fingerprint density at radius 1 is 1.19 bits per heavy atom. The van der Waals surface area contributed by atoms with Gasteiger partial charge in [-0.15, -0.1) is 0 Å². The SMILES string of the molecule is CN(C)CCNc1nc2ccccc2c2ncc(Cl)cc12. The fourth-order valence-electron chi connectivity index (χ4n) is 2.32. The molecule has 0 radical (unpaired) electrons. The Hall–Kier alpha value is -1.91. The van der Waals surface area contributed by atoms with Gasteiger partial charge in [-0.25, -0.2) is 4.98 Å². The number of para-hydroxylation sites is 1. The van der Waals surface area contributed by atoms with Crippen LogP contribution in [0.4, 0.5) is 5.82 Å². The van der Waals surface area contributed by atoms with Gasteiger partial charge < -0.3 is 10.2 Å². The van der Waals surface area contributed by atoms with Crippen LogP contribution >= 0.6 is 11.6 Å². The van der Waals surface area contributed by atoms with Crippen LogP contribution in [0.5, 0.6) is 0 Å². The fraction of sp³-hybridized carbons (Fsp3) is 0.250. The molecule has 0 saturated carbocycles. The Kier molecular flexibility index (Phi) is 3.90. The lowest BCUT2D eigenvalue weighted by molar-refractivity contribution is 0.425. The van der Waals surface area contributed by atoms with Crippen LogP contribution < -0.4 is 5.32 Å². The largest absolute Gasteiger partial charge is 0.368 e. The van der Waals surface area contributed by atoms with Gasteiger partial charge >= 0.3 is 0 Å². The number of rotatable bonds is 4. The molecule has 0 bridgehead atoms. The first kappa shape index (κ1) is 14.0. The molecule has 2 aromatic heterocycles. The van der Waals surface area contributed by atoms with Crippen LogP contribution in [0.1, 0.15) is 0 Å². The monoisotopic (exact) mass is 300 g/mol. The standard InChI is InChI=1S/C16H17ClN4/c1-21(2)8-7-18-16-13-9-11(17)10-19-15(13)12-5-3-4-6-14(12)20-16/h3-6,9-10H,7-8H2,1-2H3,(H,18,20). The number of aromatic nitrogens is 2. The third-order valence-corrected chi connectivity index (χ3v) is 3.56. The van der Waals surface area contributed by atoms with Gasteiger partial charge in [-0.1, -0.05) is 29.8 Å². The molecule has 0 amide bonds. The van der Waals surface area contributed by atoms with Gasteiger partial charge in [0.1, 0.15) is 5.82 Å². The number of benzene rings is 1. The minimum absolute atomic E-state index is 0.621. The van der Waals surface area contributed by atoms with Crippen LogP contribution in [-0.2, 0) is 0 Å². The summed E-state index contributed by atoms with van der Waals surface area (Å²) in [5, 5.41) is 6.01. The lowest BCUT2D eigenvalue weighted by Gasteiger charge is -2.13. The van der Waals surface area contributed by atoms with E-state index >= 15 is 0 Å². The van der Waals surface area contributed by atoms with Gasteiger partial charge in [0.15, 0.2) is 0 Å². The third kappa shape index (κ3) is 2.91. The molecule has 3 aromatic rings. The van der Waals surface area contributed by atoms with Crippen LogP contribution in [0.2, 0.25) is 5.02 Å². The summed E-state index contributed by atoms with van der Waals surface area (Å²) < 4.78 is 0. The molecule has 21 heavy (non-hydrogen) atoms. The van der Waals surface area contributed by atoms with E-state index in [0.717, 1.165) is 40.7 Å². The first-order chi connectivity index (χ1) is 10.1. The van der Waals surface area contributed by atoms with Gasteiger partial charge in [0.05, 0.1) is 16.1 Å². The van der Waals surface area contributed by atoms with E-state index in [1.54, 1.807) is 6.20 Å². The number of nitrogens with one attached hydrogen (secondary N) is 1. The molecule has 0 atom stereocenters. The molecule has 5 heteroatoms. The molecule has 108 valence electrons. The van der Waals surface area contributed by atoms with Crippen molar-refractivity contribution in [1.29, 1.82) is 0 Å². The number of fused-ring (bicyclic) bond motifs is 3. The number of anilines is 1. The van der Waals surface area contributed by atoms with Gasteiger partial charge in [0.2, 0.25) is 0 Å². The highest BCUT2D eigenvalue weighted by Crippen LogP contribution is 2.29. The summed E-state index contributed by atoms with van der Waals surface area (Å²) in [4.78, 5) is 11.3. The zero-order valence-electron chi connectivity index (χ0n) is 12.1. The van der Waals surface area contributed by atoms with Crippen LogP contribution in [0, 0.1) is 0 Å². The molecule has 0 saturated heterocycles. The Morgan fingerprint density at radius 3 is 2.81 bits per heavy atom. The zero-order valence-corrected chi connectivity index (χ0v) is 12.9. The van der Waals surface area contributed by atoms with Crippen LogP contribution in [0.3, 0.4) is 0 Å². The first-order valence-electron chi connectivity index (χ1n) is 6.88. The van der Waals surface area contributed by atoms with E-state index in [1.807, 2.05) is 44.4 Å². The molecule has 0 unspecified atom stereocenters. The number of halogens is 1. The van der Waals surface area contributed by atoms with E-state index in [-0.39, 0.29) is 0 Å². The molecule has 0 fully saturated rings. The maximum absolute atomic E-state index is 6.10. The quantitative estimate of drug-likeness (QED) is 0.750. The molecule has 0 aliphatic carbocycles. The molecular weight excluding hydrogens is 284 g/mol. The molecular formula is C16H17ClN4. The van der Waals surface area contributed by atoms with E-state index in [0.29, 0.717) is 5.02 Å². The minimum atomic E-state index is 0.621. The van der Waals surface area contributed by atoms with Crippen molar-refractivity contribution < 1.29 is 0 Å². The van der Waals surface area contributed by atoms with Crippen molar-refractivity contribution in [2.24, 2.45) is 0 Å². The second-order valence-corrected chi connectivity index (χ2v) is 5.69. The van der Waals surface area contributed by atoms with Gasteiger partial charge in [-0.3, -0.25) is 4.98 Å². The van der Waals surface area contributed by atoms with E-state index < -0.39 is 0 Å². The van der Waals surface area contributed by atoms with Crippen molar-refractivity contribution in [2.75, 3.05) is 32.5 Å². The van der Waals surface area contributed by atoms with Crippen LogP contribution in [0.15, 0.2) is 36.5 Å². The smallest absolute Gasteiger partial charge is 0.136 e. The van der Waals surface area contributed by atoms with Gasteiger partial charge in [0, 0.05) is 30.1 Å². The minimum Gasteiger partial charge on any atom is -0.368 e. The van der Waals surface area contributed by atoms with Gasteiger partial charge in [0.25, 0.3) is 0 Å². The fourth-order valence-corrected chi connectivity index (χ4v) is 2.48. The number of likely N-dealkylation sites (N-methyl/N-ethyl adjacent to an activating group) is 1. The summed E-state index contributed by atoms with van der Waals surface area (Å²) in [6.07, 6.45) is 1.68. The average molecular weight is 301 g/mol. The van der Waals surface area contributed by atoms with E-state index in [2.05, 4.69) is 15.2 Å². The Morgan fingerprint density at radius 2 is 2.00 bits per heavy atom. The lowest BCUT2D eigenvalue weighted by atomic mass is 10.1. The number of hydrogen-bond acceptors (Lipinski definition) is 4. The predicted octanol–water partition coefficient (Wildman–Crippen LogP) is 3.41. The predicted molar refractivity (Wildman–Crippen MR) is 89.1 cm³/mol. The maximum atomic E-state index is 6.10. The summed E-state index contributed by atoms with van der Waals surface area (Å²) in [5.74, 6) is 0.834. The van der Waals surface area contributed by atoms with E-state index in [1.165, 1.54) is 0 Å². The second-order valence-electron chi connectivity index (χ2n) is 5.26. The van der Waals surface area contributed by atoms with Crippen LogP contribution in [-0.4, -0.2) is 42.1 Å². The zero-order chi connectivity index (χ0) is 14.8. The molecule has 0 spiro atoms. The van der Waals surface area contributed by atoms with Crippen LogP contribution in [0.25, 0.3) is 21.8 Å². The Labute approximate surface area is 128 Å². The highest BCUT2D eigenvalue weighted by molar-refractivity contribution is 6.31. The Bertz CT molecular complexity index is 786. The molecule has 3 rings (SSSR count). The highest BCUT2D eigenvalue weighted by Gasteiger charge is 2.09. The van der Waals surface area contributed by atoms with Crippen molar-refractivity contribution >= 4 is 39.2 Å². The van der Waals surface area contributed by atoms with Crippen molar-refractivity contribution in [3.63, 3.8) is 0 Å². The number of hydrogen-bond donors (Lipinski definition) is 1. The van der Waals surface area contributed by atoms with E-state index in [4.69, 9.17) is 16.6 Å². The average Bonchev–Trinajstić information content (AvgIpc) is 2.47. The number of nitrogens with zero attached hydrogens (tertiary/aromatic N) is 3. The molecule has 0 aliphatic heterocycles.